The molecule has 0 radical (unpaired) electrons. The summed E-state index contributed by atoms with van der Waals surface area (Å²) in [6.07, 6.45) is -5.19. The molecule has 1 aromatic carbocycles. The number of hydrogen-bond acceptors (Lipinski definition) is 6. The van der Waals surface area contributed by atoms with Gasteiger partial charge in [-0.2, -0.15) is 22.1 Å². The average Bonchev–Trinajstić information content (AvgIpc) is 3.32. The van der Waals surface area contributed by atoms with Crippen LogP contribution in [-0.2, 0) is 9.53 Å². The largest absolute Gasteiger partial charge is 0.493 e. The number of alkyl halides is 3. The average molecular weight is 471 g/mol. The summed E-state index contributed by atoms with van der Waals surface area (Å²) in [6.45, 7) is 2.05. The van der Waals surface area contributed by atoms with Gasteiger partial charge in [-0.25, -0.2) is 4.39 Å². The number of nitrogens with one attached hydrogen (secondary N) is 1. The van der Waals surface area contributed by atoms with Crippen LogP contribution in [0.15, 0.2) is 30.5 Å². The van der Waals surface area contributed by atoms with Crippen molar-refractivity contribution >= 4 is 17.2 Å². The van der Waals surface area contributed by atoms with Gasteiger partial charge in [0.1, 0.15) is 6.10 Å². The molecular weight excluding hydrogens is 453 g/mol. The van der Waals surface area contributed by atoms with E-state index >= 15 is 0 Å². The van der Waals surface area contributed by atoms with Crippen LogP contribution in [0.25, 0.3) is 5.65 Å². The van der Waals surface area contributed by atoms with E-state index < -0.39 is 53.0 Å². The Balaban J connectivity index is 1.76. The first-order valence-corrected chi connectivity index (χ1v) is 9.73. The lowest BCUT2D eigenvalue weighted by molar-refractivity contribution is -0.272. The molecule has 176 valence electrons. The van der Waals surface area contributed by atoms with Crippen molar-refractivity contribution in [3.63, 3.8) is 0 Å². The van der Waals surface area contributed by atoms with Crippen LogP contribution in [-0.4, -0.2) is 50.9 Å². The lowest BCUT2D eigenvalue weighted by Gasteiger charge is -2.32. The Hall–Kier alpha value is -3.35. The second-order valence-corrected chi connectivity index (χ2v) is 7.83. The van der Waals surface area contributed by atoms with E-state index in [2.05, 4.69) is 20.8 Å². The van der Waals surface area contributed by atoms with Crippen LogP contribution in [0.3, 0.4) is 0 Å². The highest BCUT2D eigenvalue weighted by atomic mass is 19.4. The maximum Gasteiger partial charge on any atom is 0.417 e. The molecule has 0 unspecified atom stereocenters. The summed E-state index contributed by atoms with van der Waals surface area (Å²) in [5.74, 6) is -6.77. The van der Waals surface area contributed by atoms with Crippen LogP contribution >= 0.6 is 0 Å². The fraction of sp³-hybridized carbons (Fsp3) is 0.400. The Bertz CT molecular complexity index is 1220. The summed E-state index contributed by atoms with van der Waals surface area (Å²) in [7, 11) is 1.06. The minimum absolute atomic E-state index is 0.118. The first-order chi connectivity index (χ1) is 15.5. The minimum atomic E-state index is -4.85. The molecule has 1 aliphatic rings. The van der Waals surface area contributed by atoms with E-state index in [0.29, 0.717) is 5.65 Å². The molecule has 0 spiro atoms. The number of carbonyl (C=O) groups excluding carboxylic acids is 1. The molecule has 4 rings (SSSR count). The smallest absolute Gasteiger partial charge is 0.417 e. The van der Waals surface area contributed by atoms with Crippen molar-refractivity contribution in [1.29, 1.82) is 0 Å². The first-order valence-electron chi connectivity index (χ1n) is 9.73. The normalized spacial score (nSPS) is 25.4. The summed E-state index contributed by atoms with van der Waals surface area (Å²) < 4.78 is 81.5. The molecule has 1 amide bonds. The van der Waals surface area contributed by atoms with Gasteiger partial charge in [-0.3, -0.25) is 4.79 Å². The quantitative estimate of drug-likeness (QED) is 0.586. The molecule has 0 aliphatic carbocycles. The molecule has 2 aromatic heterocycles. The van der Waals surface area contributed by atoms with Gasteiger partial charge in [-0.15, -0.1) is 5.10 Å². The molecule has 8 nitrogen and oxygen atoms in total. The van der Waals surface area contributed by atoms with Crippen molar-refractivity contribution in [3.05, 3.63) is 47.7 Å². The lowest BCUT2D eigenvalue weighted by Crippen LogP contribution is -2.47. The predicted octanol–water partition coefficient (Wildman–Crippen LogP) is 3.49. The minimum Gasteiger partial charge on any atom is -0.493 e. The Morgan fingerprint density at radius 1 is 1.24 bits per heavy atom. The molecule has 3 heterocycles. The molecule has 0 bridgehead atoms. The van der Waals surface area contributed by atoms with Gasteiger partial charge < -0.3 is 14.8 Å². The maximum atomic E-state index is 14.4. The number of hydrogen-bond donors (Lipinski definition) is 1. The van der Waals surface area contributed by atoms with Crippen LogP contribution in [0.4, 0.5) is 27.6 Å². The van der Waals surface area contributed by atoms with E-state index in [9.17, 15) is 26.7 Å². The Kier molecular flexibility index (Phi) is 5.47. The molecule has 4 atom stereocenters. The number of carbonyl (C=O) groups is 1. The second kappa shape index (κ2) is 7.90. The monoisotopic (exact) mass is 471 g/mol. The zero-order valence-corrected chi connectivity index (χ0v) is 17.5. The third kappa shape index (κ3) is 3.65. The van der Waals surface area contributed by atoms with E-state index in [0.717, 1.165) is 26.2 Å². The molecule has 1 N–H and O–H groups in total. The van der Waals surface area contributed by atoms with Crippen molar-refractivity contribution < 1.29 is 36.2 Å². The molecule has 3 aromatic rings. The molecular formula is C20H18F5N5O3. The van der Waals surface area contributed by atoms with E-state index in [1.165, 1.54) is 29.8 Å². The molecule has 0 saturated carbocycles. The van der Waals surface area contributed by atoms with Gasteiger partial charge in [0.2, 0.25) is 5.82 Å². The molecule has 13 heteroatoms. The highest BCUT2D eigenvalue weighted by Crippen LogP contribution is 2.55. The number of rotatable bonds is 4. The lowest BCUT2D eigenvalue weighted by atomic mass is 9.77. The Morgan fingerprint density at radius 2 is 1.97 bits per heavy atom. The van der Waals surface area contributed by atoms with Gasteiger partial charge in [-0.1, -0.05) is 13.0 Å². The highest BCUT2D eigenvalue weighted by Gasteiger charge is 2.65. The number of benzene rings is 1. The number of tetrazole rings is 1. The summed E-state index contributed by atoms with van der Waals surface area (Å²) in [5.41, 5.74) is -2.29. The zero-order chi connectivity index (χ0) is 24.1. The van der Waals surface area contributed by atoms with Crippen LogP contribution in [0.5, 0.6) is 5.75 Å². The SMILES string of the molecule is COc1c([C@H]2[C@H](C(=O)Nc3ccc4nnnn4c3)O[C@@](C)(C(F)(F)F)[C@H]2C)ccc(F)c1F. The number of ether oxygens (including phenoxy) is 2. The summed E-state index contributed by atoms with van der Waals surface area (Å²) in [6, 6.07) is 4.81. The number of amides is 1. The predicted molar refractivity (Wildman–Crippen MR) is 104 cm³/mol. The zero-order valence-electron chi connectivity index (χ0n) is 17.5. The molecule has 1 saturated heterocycles. The third-order valence-corrected chi connectivity index (χ3v) is 6.03. The van der Waals surface area contributed by atoms with Gasteiger partial charge >= 0.3 is 6.18 Å². The maximum absolute atomic E-state index is 14.4. The van der Waals surface area contributed by atoms with E-state index in [4.69, 9.17) is 9.47 Å². The standard InChI is InChI=1S/C20H18F5N5O3/c1-9-14(11-5-6-12(21)15(22)16(11)32-3)17(33-19(9,2)20(23,24)25)18(31)26-10-4-7-13-27-28-29-30(13)8-10/h4-9,14,17H,1-3H3,(H,26,31)/t9-,14-,17+,19+/m0/s1. The van der Waals surface area contributed by atoms with Crippen LogP contribution in [0.1, 0.15) is 25.3 Å². The van der Waals surface area contributed by atoms with Crippen LogP contribution in [0.2, 0.25) is 0 Å². The number of fused-ring (bicyclic) bond motifs is 1. The van der Waals surface area contributed by atoms with Crippen molar-refractivity contribution in [1.82, 2.24) is 20.0 Å². The van der Waals surface area contributed by atoms with Gasteiger partial charge in [0.05, 0.1) is 19.0 Å². The second-order valence-electron chi connectivity index (χ2n) is 7.83. The molecule has 33 heavy (non-hydrogen) atoms. The van der Waals surface area contributed by atoms with Crippen molar-refractivity contribution in [2.24, 2.45) is 5.92 Å². The van der Waals surface area contributed by atoms with Gasteiger partial charge in [0.25, 0.3) is 5.91 Å². The summed E-state index contributed by atoms with van der Waals surface area (Å²) in [4.78, 5) is 13.1. The number of anilines is 1. The summed E-state index contributed by atoms with van der Waals surface area (Å²) in [5, 5.41) is 13.3. The van der Waals surface area contributed by atoms with Crippen LogP contribution in [0, 0.1) is 17.6 Å². The molecule has 1 aliphatic heterocycles. The van der Waals surface area contributed by atoms with E-state index in [-0.39, 0.29) is 11.3 Å². The highest BCUT2D eigenvalue weighted by molar-refractivity contribution is 5.95. The number of pyridine rings is 1. The topological polar surface area (TPSA) is 90.6 Å². The summed E-state index contributed by atoms with van der Waals surface area (Å²) >= 11 is 0. The third-order valence-electron chi connectivity index (χ3n) is 6.03. The number of nitrogens with zero attached hydrogens (tertiary/aromatic N) is 4. The first kappa shape index (κ1) is 22.8. The molecule has 1 fully saturated rings. The van der Waals surface area contributed by atoms with E-state index in [1.54, 1.807) is 0 Å². The van der Waals surface area contributed by atoms with E-state index in [1.807, 2.05) is 0 Å². The van der Waals surface area contributed by atoms with Gasteiger partial charge in [-0.05, 0) is 35.5 Å². The number of halogens is 5. The fourth-order valence-electron chi connectivity index (χ4n) is 4.07. The van der Waals surface area contributed by atoms with Crippen molar-refractivity contribution in [2.45, 2.75) is 37.6 Å². The number of methoxy groups -OCH3 is 1. The Morgan fingerprint density at radius 3 is 2.64 bits per heavy atom. The Labute approximate surface area is 183 Å². The van der Waals surface area contributed by atoms with Gasteiger partial charge in [0, 0.05) is 17.4 Å². The van der Waals surface area contributed by atoms with Crippen molar-refractivity contribution in [3.8, 4) is 5.75 Å². The van der Waals surface area contributed by atoms with Crippen LogP contribution < -0.4 is 10.1 Å². The fourth-order valence-corrected chi connectivity index (χ4v) is 4.07. The van der Waals surface area contributed by atoms with Gasteiger partial charge in [0.15, 0.2) is 22.8 Å². The van der Waals surface area contributed by atoms with Crippen molar-refractivity contribution in [2.75, 3.05) is 12.4 Å². The number of aromatic nitrogens is 4.